The molecule has 3 atom stereocenters. The molecule has 0 N–H and O–H groups in total. The van der Waals surface area contributed by atoms with E-state index in [0.29, 0.717) is 54.1 Å². The molecule has 7 nitrogen and oxygen atoms in total. The van der Waals surface area contributed by atoms with Crippen LogP contribution in [-0.4, -0.2) is 41.4 Å². The molecule has 4 aromatic carbocycles. The van der Waals surface area contributed by atoms with Crippen LogP contribution in [-0.2, 0) is 40.4 Å². The van der Waals surface area contributed by atoms with E-state index >= 15 is 0 Å². The predicted molar refractivity (Wildman–Crippen MR) is 183 cm³/mol. The van der Waals surface area contributed by atoms with Crippen LogP contribution in [0.3, 0.4) is 0 Å². The highest BCUT2D eigenvalue weighted by molar-refractivity contribution is 6.42. The van der Waals surface area contributed by atoms with Gasteiger partial charge in [0.25, 0.3) is 0 Å². The summed E-state index contributed by atoms with van der Waals surface area (Å²) in [4.78, 5) is 29.5. The van der Waals surface area contributed by atoms with Crippen LogP contribution < -0.4 is 9.47 Å². The summed E-state index contributed by atoms with van der Waals surface area (Å²) in [6, 6.07) is 23.2. The van der Waals surface area contributed by atoms with Crippen molar-refractivity contribution in [2.45, 2.75) is 64.6 Å². The Balaban J connectivity index is 1.26. The topological polar surface area (TPSA) is 68.3 Å². The average Bonchev–Trinajstić information content (AvgIpc) is 3.26. The lowest BCUT2D eigenvalue weighted by atomic mass is 9.91. The van der Waals surface area contributed by atoms with Gasteiger partial charge in [-0.25, -0.2) is 4.39 Å². The molecule has 1 amide bonds. The molecule has 2 aliphatic rings. The smallest absolute Gasteiger partial charge is 0.323 e. The van der Waals surface area contributed by atoms with Crippen LogP contribution in [0.25, 0.3) is 0 Å². The monoisotopic (exact) mass is 690 g/mol. The number of rotatable bonds is 8. The van der Waals surface area contributed by atoms with Crippen molar-refractivity contribution in [1.29, 1.82) is 0 Å². The fourth-order valence-corrected chi connectivity index (χ4v) is 6.76. The van der Waals surface area contributed by atoms with Crippen molar-refractivity contribution < 1.29 is 28.2 Å². The molecular weight excluding hydrogens is 654 g/mol. The highest BCUT2D eigenvalue weighted by atomic mass is 35.5. The minimum Gasteiger partial charge on any atom is -0.486 e. The van der Waals surface area contributed by atoms with Gasteiger partial charge in [-0.15, -0.1) is 0 Å². The molecule has 0 aliphatic carbocycles. The van der Waals surface area contributed by atoms with Crippen LogP contribution in [0.1, 0.15) is 65.9 Å². The van der Waals surface area contributed by atoms with Crippen LogP contribution in [0.15, 0.2) is 78.9 Å². The van der Waals surface area contributed by atoms with E-state index < -0.39 is 12.1 Å². The number of benzene rings is 4. The molecule has 6 rings (SSSR count). The van der Waals surface area contributed by atoms with Crippen molar-refractivity contribution >= 4 is 35.1 Å². The second-order valence-corrected chi connectivity index (χ2v) is 13.1. The van der Waals surface area contributed by atoms with Crippen molar-refractivity contribution in [3.05, 3.63) is 128 Å². The van der Waals surface area contributed by atoms with Crippen LogP contribution in [0, 0.1) is 5.82 Å². The lowest BCUT2D eigenvalue weighted by Gasteiger charge is -2.35. The number of amides is 1. The molecule has 4 aromatic rings. The Morgan fingerprint density at radius 3 is 2.44 bits per heavy atom. The molecule has 0 saturated heterocycles. The summed E-state index contributed by atoms with van der Waals surface area (Å²) in [5.41, 5.74) is 5.50. The van der Waals surface area contributed by atoms with Gasteiger partial charge in [0.05, 0.1) is 23.7 Å². The van der Waals surface area contributed by atoms with E-state index in [2.05, 4.69) is 0 Å². The first-order valence-electron chi connectivity index (χ1n) is 16.0. The van der Waals surface area contributed by atoms with Gasteiger partial charge in [0.1, 0.15) is 35.6 Å². The van der Waals surface area contributed by atoms with Gasteiger partial charge in [-0.2, -0.15) is 0 Å². The number of nitrogens with zero attached hydrogens (tertiary/aromatic N) is 2. The van der Waals surface area contributed by atoms with Crippen LogP contribution in [0.5, 0.6) is 11.5 Å². The number of carbonyl (C=O) groups is 2. The van der Waals surface area contributed by atoms with E-state index in [0.717, 1.165) is 39.8 Å². The maximum atomic E-state index is 14.0. The molecule has 0 bridgehead atoms. The number of esters is 1. The average molecular weight is 692 g/mol. The highest BCUT2D eigenvalue weighted by Gasteiger charge is 2.35. The molecule has 250 valence electrons. The molecule has 10 heteroatoms. The molecule has 0 spiro atoms. The van der Waals surface area contributed by atoms with E-state index in [1.165, 1.54) is 19.2 Å². The molecule has 0 unspecified atom stereocenters. The number of fused-ring (bicyclic) bond motifs is 2. The lowest BCUT2D eigenvalue weighted by Crippen LogP contribution is -2.45. The fraction of sp³-hybridized carbons (Fsp3) is 0.316. The summed E-state index contributed by atoms with van der Waals surface area (Å²) >= 11 is 12.4. The summed E-state index contributed by atoms with van der Waals surface area (Å²) < 4.78 is 32.1. The number of hydrogen-bond donors (Lipinski definition) is 0. The molecule has 0 aromatic heterocycles. The van der Waals surface area contributed by atoms with Crippen LogP contribution in [0.2, 0.25) is 10.0 Å². The first-order chi connectivity index (χ1) is 23.1. The first kappa shape index (κ1) is 33.8. The minimum atomic E-state index is -0.531. The Labute approximate surface area is 290 Å². The third-order valence-electron chi connectivity index (χ3n) is 9.04. The quantitative estimate of drug-likeness (QED) is 0.174. The molecule has 0 saturated carbocycles. The van der Waals surface area contributed by atoms with Gasteiger partial charge in [-0.1, -0.05) is 60.5 Å². The molecule has 2 aliphatic heterocycles. The van der Waals surface area contributed by atoms with Crippen molar-refractivity contribution in [3.63, 3.8) is 0 Å². The standard InChI is InChI=1S/C38H37Cl2FN2O5/c1-4-35(26-10-13-32(39)33(40)16-26)47-31-11-8-25(9-12-31)37-22-42(23(2)44)21-29-15-27-17-34(38(45)46-3)43(20-28(27)18-36(29)48-37)19-24-6-5-7-30(41)14-24/h5-16,18,34-35,37H,4,17,19-22H2,1-3H3/t34-,35-,37+/m0/s1. The summed E-state index contributed by atoms with van der Waals surface area (Å²) in [5.74, 6) is 0.659. The van der Waals surface area contributed by atoms with Gasteiger partial charge < -0.3 is 19.1 Å². The number of methoxy groups -OCH3 is 1. The summed E-state index contributed by atoms with van der Waals surface area (Å²) in [5, 5.41) is 0.979. The summed E-state index contributed by atoms with van der Waals surface area (Å²) in [6.45, 7) is 5.19. The maximum Gasteiger partial charge on any atom is 0.323 e. The van der Waals surface area contributed by atoms with E-state index in [9.17, 15) is 14.0 Å². The SMILES string of the molecule is CC[C@H](Oc1ccc([C@H]2CN(C(C)=O)Cc3cc4c(cc3O2)CN(Cc2cccc(F)c2)[C@H](C(=O)OC)C4)cc1)c1ccc(Cl)c(Cl)c1. The van der Waals surface area contributed by atoms with Crippen molar-refractivity contribution in [2.24, 2.45) is 0 Å². The van der Waals surface area contributed by atoms with Crippen LogP contribution in [0.4, 0.5) is 4.39 Å². The van der Waals surface area contributed by atoms with Gasteiger partial charge in [0, 0.05) is 32.1 Å². The molecule has 2 heterocycles. The third kappa shape index (κ3) is 7.46. The molecule has 0 fully saturated rings. The second kappa shape index (κ2) is 14.6. The summed E-state index contributed by atoms with van der Waals surface area (Å²) in [6.07, 6.45) is 0.538. The maximum absolute atomic E-state index is 14.0. The van der Waals surface area contributed by atoms with E-state index in [4.69, 9.17) is 37.4 Å². The lowest BCUT2D eigenvalue weighted by molar-refractivity contribution is -0.148. The second-order valence-electron chi connectivity index (χ2n) is 12.3. The molecule has 0 radical (unpaired) electrons. The number of hydrogen-bond acceptors (Lipinski definition) is 6. The minimum absolute atomic E-state index is 0.0600. The number of ether oxygens (including phenoxy) is 3. The van der Waals surface area contributed by atoms with Crippen molar-refractivity contribution in [2.75, 3.05) is 13.7 Å². The zero-order valence-corrected chi connectivity index (χ0v) is 28.6. The van der Waals surface area contributed by atoms with Gasteiger partial charge in [-0.05, 0) is 89.2 Å². The third-order valence-corrected chi connectivity index (χ3v) is 9.78. The van der Waals surface area contributed by atoms with E-state index in [1.54, 1.807) is 24.0 Å². The van der Waals surface area contributed by atoms with Crippen LogP contribution >= 0.6 is 23.2 Å². The number of halogens is 3. The largest absolute Gasteiger partial charge is 0.486 e. The van der Waals surface area contributed by atoms with Crippen molar-refractivity contribution in [1.82, 2.24) is 9.80 Å². The van der Waals surface area contributed by atoms with Crippen molar-refractivity contribution in [3.8, 4) is 11.5 Å². The summed E-state index contributed by atoms with van der Waals surface area (Å²) in [7, 11) is 1.38. The molecular formula is C38H37Cl2FN2O5. The Morgan fingerprint density at radius 1 is 0.958 bits per heavy atom. The number of carbonyl (C=O) groups excluding carboxylic acids is 2. The van der Waals surface area contributed by atoms with Gasteiger partial charge in [0.2, 0.25) is 5.91 Å². The normalized spacial score (nSPS) is 18.2. The van der Waals surface area contributed by atoms with E-state index in [1.807, 2.05) is 66.4 Å². The Hall–Kier alpha value is -4.11. The Bertz CT molecular complexity index is 1820. The Morgan fingerprint density at radius 2 is 1.75 bits per heavy atom. The molecule has 48 heavy (non-hydrogen) atoms. The first-order valence-corrected chi connectivity index (χ1v) is 16.7. The Kier molecular flexibility index (Phi) is 10.2. The zero-order valence-electron chi connectivity index (χ0n) is 27.0. The predicted octanol–water partition coefficient (Wildman–Crippen LogP) is 8.24. The highest BCUT2D eigenvalue weighted by Crippen LogP contribution is 2.38. The van der Waals surface area contributed by atoms with E-state index in [-0.39, 0.29) is 23.8 Å². The fourth-order valence-electron chi connectivity index (χ4n) is 6.46. The zero-order chi connectivity index (χ0) is 33.9. The van der Waals surface area contributed by atoms with Gasteiger partial charge in [-0.3, -0.25) is 14.5 Å². The van der Waals surface area contributed by atoms with Gasteiger partial charge in [0.15, 0.2) is 0 Å². The van der Waals surface area contributed by atoms with Gasteiger partial charge >= 0.3 is 5.97 Å².